The molecule has 0 radical (unpaired) electrons. The molecule has 1 N–H and O–H groups in total. The molecular weight excluding hydrogens is 335 g/mol. The summed E-state index contributed by atoms with van der Waals surface area (Å²) in [5.41, 5.74) is 1.28. The highest BCUT2D eigenvalue weighted by Gasteiger charge is 2.24. The number of benzene rings is 2. The molecule has 1 amide bonds. The summed E-state index contributed by atoms with van der Waals surface area (Å²) in [6.45, 7) is 0.593. The molecule has 4 nitrogen and oxygen atoms in total. The number of nitrogens with one attached hydrogen (secondary N) is 1. The second kappa shape index (κ2) is 6.49. The summed E-state index contributed by atoms with van der Waals surface area (Å²) in [5, 5.41) is 12.7. The number of ether oxygens (including phenoxy) is 1. The van der Waals surface area contributed by atoms with Gasteiger partial charge in [0.25, 0.3) is 0 Å². The zero-order chi connectivity index (χ0) is 16.4. The first-order valence-corrected chi connectivity index (χ1v) is 7.76. The molecule has 2 aromatic carbocycles. The lowest BCUT2D eigenvalue weighted by atomic mass is 9.98. The van der Waals surface area contributed by atoms with Gasteiger partial charge in [0.15, 0.2) is 5.75 Å². The van der Waals surface area contributed by atoms with E-state index >= 15 is 0 Å². The quantitative estimate of drug-likeness (QED) is 0.902. The van der Waals surface area contributed by atoms with Gasteiger partial charge in [-0.2, -0.15) is 5.26 Å². The highest BCUT2D eigenvalue weighted by molar-refractivity contribution is 6.33. The Kier molecular flexibility index (Phi) is 4.42. The molecule has 0 unspecified atom stereocenters. The Hall–Kier alpha value is -2.22. The fourth-order valence-corrected chi connectivity index (χ4v) is 2.87. The molecule has 116 valence electrons. The van der Waals surface area contributed by atoms with Crippen LogP contribution >= 0.6 is 23.2 Å². The molecule has 0 aromatic heterocycles. The number of carbonyl (C=O) groups is 1. The third-order valence-electron chi connectivity index (χ3n) is 3.70. The van der Waals surface area contributed by atoms with Crippen LogP contribution in [-0.4, -0.2) is 12.5 Å². The minimum absolute atomic E-state index is 0.0327. The highest BCUT2D eigenvalue weighted by atomic mass is 35.5. The van der Waals surface area contributed by atoms with E-state index in [-0.39, 0.29) is 17.6 Å². The van der Waals surface area contributed by atoms with Crippen molar-refractivity contribution in [3.05, 3.63) is 57.6 Å². The van der Waals surface area contributed by atoms with Gasteiger partial charge in [0, 0.05) is 18.9 Å². The lowest BCUT2D eigenvalue weighted by molar-refractivity contribution is -0.119. The van der Waals surface area contributed by atoms with Gasteiger partial charge in [0.2, 0.25) is 5.91 Å². The standard InChI is InChI=1S/C17H12Cl2N2O2/c18-13-5-4-10(12-7-16(22)21-9-12)6-15(13)23-17-11(8-20)2-1-3-14(17)19/h1-6,12H,7,9H2,(H,21,22)/t12-/m0/s1. The van der Waals surface area contributed by atoms with Crippen molar-refractivity contribution in [1.82, 2.24) is 5.32 Å². The van der Waals surface area contributed by atoms with Gasteiger partial charge in [0.1, 0.15) is 11.8 Å². The summed E-state index contributed by atoms with van der Waals surface area (Å²) in [6, 6.07) is 12.4. The lowest BCUT2D eigenvalue weighted by Gasteiger charge is -2.14. The number of rotatable bonds is 3. The van der Waals surface area contributed by atoms with E-state index in [0.29, 0.717) is 34.3 Å². The number of para-hydroxylation sites is 1. The van der Waals surface area contributed by atoms with E-state index in [4.69, 9.17) is 27.9 Å². The van der Waals surface area contributed by atoms with Crippen LogP contribution in [0.15, 0.2) is 36.4 Å². The Morgan fingerprint density at radius 3 is 2.74 bits per heavy atom. The Balaban J connectivity index is 1.95. The van der Waals surface area contributed by atoms with E-state index in [0.717, 1.165) is 5.56 Å². The van der Waals surface area contributed by atoms with Gasteiger partial charge in [0.05, 0.1) is 15.6 Å². The first-order chi connectivity index (χ1) is 11.1. The van der Waals surface area contributed by atoms with E-state index in [1.54, 1.807) is 30.3 Å². The maximum atomic E-state index is 11.4. The predicted molar refractivity (Wildman–Crippen MR) is 88.1 cm³/mol. The van der Waals surface area contributed by atoms with Crippen molar-refractivity contribution in [2.45, 2.75) is 12.3 Å². The third-order valence-corrected chi connectivity index (χ3v) is 4.31. The summed E-state index contributed by atoms with van der Waals surface area (Å²) < 4.78 is 5.80. The summed E-state index contributed by atoms with van der Waals surface area (Å²) >= 11 is 12.3. The van der Waals surface area contributed by atoms with Crippen LogP contribution in [0.4, 0.5) is 0 Å². The molecule has 0 aliphatic carbocycles. The Morgan fingerprint density at radius 1 is 1.22 bits per heavy atom. The van der Waals surface area contributed by atoms with Crippen LogP contribution in [0.1, 0.15) is 23.5 Å². The van der Waals surface area contributed by atoms with Crippen LogP contribution in [0.5, 0.6) is 11.5 Å². The number of amides is 1. The zero-order valence-corrected chi connectivity index (χ0v) is 13.5. The second-order valence-corrected chi connectivity index (χ2v) is 6.04. The second-order valence-electron chi connectivity index (χ2n) is 5.23. The molecule has 1 saturated heterocycles. The first-order valence-electron chi connectivity index (χ1n) is 7.01. The minimum Gasteiger partial charge on any atom is -0.453 e. The van der Waals surface area contributed by atoms with E-state index in [2.05, 4.69) is 5.32 Å². The largest absolute Gasteiger partial charge is 0.453 e. The molecular formula is C17H12Cl2N2O2. The monoisotopic (exact) mass is 346 g/mol. The smallest absolute Gasteiger partial charge is 0.220 e. The van der Waals surface area contributed by atoms with Gasteiger partial charge in [-0.25, -0.2) is 0 Å². The molecule has 1 atom stereocenters. The SMILES string of the molecule is N#Cc1cccc(Cl)c1Oc1cc([C@@H]2CNC(=O)C2)ccc1Cl. The molecule has 23 heavy (non-hydrogen) atoms. The highest BCUT2D eigenvalue weighted by Crippen LogP contribution is 2.38. The number of halogens is 2. The van der Waals surface area contributed by atoms with Gasteiger partial charge >= 0.3 is 0 Å². The molecule has 3 rings (SSSR count). The molecule has 1 aliphatic heterocycles. The van der Waals surface area contributed by atoms with Gasteiger partial charge in [-0.1, -0.05) is 35.3 Å². The van der Waals surface area contributed by atoms with Crippen LogP contribution in [0, 0.1) is 11.3 Å². The zero-order valence-electron chi connectivity index (χ0n) is 12.0. The number of hydrogen-bond donors (Lipinski definition) is 1. The summed E-state index contributed by atoms with van der Waals surface area (Å²) in [5.74, 6) is 0.804. The van der Waals surface area contributed by atoms with Crippen molar-refractivity contribution in [1.29, 1.82) is 5.26 Å². The van der Waals surface area contributed by atoms with Crippen LogP contribution < -0.4 is 10.1 Å². The molecule has 1 heterocycles. The molecule has 0 saturated carbocycles. The maximum Gasteiger partial charge on any atom is 0.220 e. The topological polar surface area (TPSA) is 62.1 Å². The molecule has 2 aromatic rings. The Morgan fingerprint density at radius 2 is 2.04 bits per heavy atom. The van der Waals surface area contributed by atoms with Crippen LogP contribution in [0.3, 0.4) is 0 Å². The van der Waals surface area contributed by atoms with Crippen LogP contribution in [0.2, 0.25) is 10.0 Å². The van der Waals surface area contributed by atoms with Crippen LogP contribution in [0.25, 0.3) is 0 Å². The first kappa shape index (κ1) is 15.7. The average molecular weight is 347 g/mol. The summed E-state index contributed by atoms with van der Waals surface area (Å²) in [4.78, 5) is 11.4. The van der Waals surface area contributed by atoms with Gasteiger partial charge in [-0.05, 0) is 29.8 Å². The summed E-state index contributed by atoms with van der Waals surface area (Å²) in [6.07, 6.45) is 0.441. The summed E-state index contributed by atoms with van der Waals surface area (Å²) in [7, 11) is 0. The normalized spacial score (nSPS) is 16.7. The number of carbonyl (C=O) groups excluding carboxylic acids is 1. The van der Waals surface area contributed by atoms with E-state index in [1.807, 2.05) is 12.1 Å². The Labute approximate surface area is 143 Å². The molecule has 1 aliphatic rings. The van der Waals surface area contributed by atoms with Gasteiger partial charge < -0.3 is 10.1 Å². The van der Waals surface area contributed by atoms with Crippen molar-refractivity contribution < 1.29 is 9.53 Å². The maximum absolute atomic E-state index is 11.4. The molecule has 6 heteroatoms. The van der Waals surface area contributed by atoms with E-state index < -0.39 is 0 Å². The van der Waals surface area contributed by atoms with E-state index in [9.17, 15) is 10.1 Å². The van der Waals surface area contributed by atoms with Crippen molar-refractivity contribution in [2.75, 3.05) is 6.54 Å². The third kappa shape index (κ3) is 3.26. The van der Waals surface area contributed by atoms with Crippen molar-refractivity contribution in [3.8, 4) is 17.6 Å². The minimum atomic E-state index is 0.0327. The lowest BCUT2D eigenvalue weighted by Crippen LogP contribution is -2.13. The average Bonchev–Trinajstić information content (AvgIpc) is 2.97. The molecule has 0 bridgehead atoms. The van der Waals surface area contributed by atoms with E-state index in [1.165, 1.54) is 0 Å². The number of nitriles is 1. The predicted octanol–water partition coefficient (Wildman–Crippen LogP) is 4.26. The molecule has 1 fully saturated rings. The number of hydrogen-bond acceptors (Lipinski definition) is 3. The van der Waals surface area contributed by atoms with Crippen molar-refractivity contribution in [3.63, 3.8) is 0 Å². The van der Waals surface area contributed by atoms with Crippen molar-refractivity contribution in [2.24, 2.45) is 0 Å². The fraction of sp³-hybridized carbons (Fsp3) is 0.176. The Bertz CT molecular complexity index is 815. The van der Waals surface area contributed by atoms with Gasteiger partial charge in [-0.15, -0.1) is 0 Å². The van der Waals surface area contributed by atoms with Crippen LogP contribution in [-0.2, 0) is 4.79 Å². The van der Waals surface area contributed by atoms with Gasteiger partial charge in [-0.3, -0.25) is 4.79 Å². The fourth-order valence-electron chi connectivity index (χ4n) is 2.50. The number of nitrogens with zero attached hydrogens (tertiary/aromatic N) is 1. The molecule has 0 spiro atoms. The van der Waals surface area contributed by atoms with Crippen molar-refractivity contribution >= 4 is 29.1 Å².